The van der Waals surface area contributed by atoms with Crippen LogP contribution in [0.2, 0.25) is 0 Å². The van der Waals surface area contributed by atoms with Crippen molar-refractivity contribution in [1.82, 2.24) is 0 Å². The number of benzene rings is 1. The number of rotatable bonds is 4. The van der Waals surface area contributed by atoms with Gasteiger partial charge in [0.05, 0.1) is 0 Å². The number of hydrogen-bond donors (Lipinski definition) is 0. The smallest absolute Gasteiger partial charge is 0.337 e. The van der Waals surface area contributed by atoms with Gasteiger partial charge in [0, 0.05) is 12.0 Å². The van der Waals surface area contributed by atoms with E-state index in [4.69, 9.17) is 9.47 Å². The molecular weight excluding hydrogens is 270 g/mol. The van der Waals surface area contributed by atoms with E-state index in [1.807, 2.05) is 30.3 Å². The predicted octanol–water partition coefficient (Wildman–Crippen LogP) is 2.48. The Morgan fingerprint density at radius 3 is 2.57 bits per heavy atom. The van der Waals surface area contributed by atoms with Crippen LogP contribution in [0.1, 0.15) is 39.2 Å². The Morgan fingerprint density at radius 1 is 1.29 bits per heavy atom. The maximum atomic E-state index is 11.8. The maximum Gasteiger partial charge on any atom is 0.337 e. The van der Waals surface area contributed by atoms with Gasteiger partial charge in [0.15, 0.2) is 6.04 Å². The van der Waals surface area contributed by atoms with Crippen LogP contribution in [0.5, 0.6) is 0 Å². The fourth-order valence-electron chi connectivity index (χ4n) is 1.93. The van der Waals surface area contributed by atoms with E-state index in [0.717, 1.165) is 5.56 Å². The molecule has 5 heteroatoms. The summed E-state index contributed by atoms with van der Waals surface area (Å²) in [6.45, 7) is 5.42. The molecule has 1 aromatic rings. The fourth-order valence-corrected chi connectivity index (χ4v) is 1.93. The Balaban J connectivity index is 1.94. The number of aliphatic imine (C=N–C) groups is 1. The minimum absolute atomic E-state index is 0.141. The van der Waals surface area contributed by atoms with Crippen LogP contribution in [0.4, 0.5) is 0 Å². The summed E-state index contributed by atoms with van der Waals surface area (Å²) in [4.78, 5) is 27.7. The van der Waals surface area contributed by atoms with Crippen molar-refractivity contribution >= 4 is 17.8 Å². The lowest BCUT2D eigenvalue weighted by atomic mass is 10.1. The van der Waals surface area contributed by atoms with Crippen LogP contribution in [0, 0.1) is 0 Å². The Hall–Kier alpha value is -2.17. The second-order valence-electron chi connectivity index (χ2n) is 5.86. The number of hydrogen-bond acceptors (Lipinski definition) is 5. The summed E-state index contributed by atoms with van der Waals surface area (Å²) in [5, 5.41) is 0. The summed E-state index contributed by atoms with van der Waals surface area (Å²) in [7, 11) is 0. The average Bonchev–Trinajstić information content (AvgIpc) is 2.77. The summed E-state index contributed by atoms with van der Waals surface area (Å²) in [6, 6.07) is 8.58. The van der Waals surface area contributed by atoms with E-state index in [0.29, 0.717) is 12.3 Å². The molecule has 1 atom stereocenters. The van der Waals surface area contributed by atoms with Crippen LogP contribution < -0.4 is 0 Å². The number of carbonyl (C=O) groups excluding carboxylic acids is 2. The molecule has 0 aliphatic carbocycles. The minimum atomic E-state index is -0.632. The van der Waals surface area contributed by atoms with Gasteiger partial charge in [-0.25, -0.2) is 9.79 Å². The van der Waals surface area contributed by atoms with Crippen LogP contribution in [0.15, 0.2) is 35.3 Å². The molecule has 1 aliphatic heterocycles. The number of nitrogens with zero attached hydrogens (tertiary/aromatic N) is 1. The normalized spacial score (nSPS) is 18.1. The lowest BCUT2D eigenvalue weighted by Gasteiger charge is -2.19. The third kappa shape index (κ3) is 4.41. The third-order valence-corrected chi connectivity index (χ3v) is 2.81. The summed E-state index contributed by atoms with van der Waals surface area (Å²) < 4.78 is 10.4. The fraction of sp³-hybridized carbons (Fsp3) is 0.438. The molecule has 0 bridgehead atoms. The van der Waals surface area contributed by atoms with Crippen LogP contribution in [-0.4, -0.2) is 29.5 Å². The van der Waals surface area contributed by atoms with E-state index in [9.17, 15) is 9.59 Å². The van der Waals surface area contributed by atoms with Crippen molar-refractivity contribution in [3.8, 4) is 0 Å². The third-order valence-electron chi connectivity index (χ3n) is 2.81. The zero-order chi connectivity index (χ0) is 15.5. The molecule has 0 saturated heterocycles. The van der Waals surface area contributed by atoms with Gasteiger partial charge in [-0.05, 0) is 39.3 Å². The van der Waals surface area contributed by atoms with E-state index < -0.39 is 17.6 Å². The van der Waals surface area contributed by atoms with E-state index in [1.165, 1.54) is 0 Å². The van der Waals surface area contributed by atoms with Gasteiger partial charge < -0.3 is 9.47 Å². The highest BCUT2D eigenvalue weighted by Gasteiger charge is 2.30. The van der Waals surface area contributed by atoms with Gasteiger partial charge in [0.1, 0.15) is 5.60 Å². The summed E-state index contributed by atoms with van der Waals surface area (Å²) in [5.41, 5.74) is 0.233. The molecule has 21 heavy (non-hydrogen) atoms. The molecule has 1 aliphatic rings. The zero-order valence-electron chi connectivity index (χ0n) is 12.5. The van der Waals surface area contributed by atoms with Crippen molar-refractivity contribution in [1.29, 1.82) is 0 Å². The van der Waals surface area contributed by atoms with Crippen molar-refractivity contribution in [3.05, 3.63) is 35.9 Å². The number of ether oxygens (including phenoxy) is 2. The van der Waals surface area contributed by atoms with E-state index in [2.05, 4.69) is 4.99 Å². The molecular formula is C16H19NO4. The molecule has 1 unspecified atom stereocenters. The van der Waals surface area contributed by atoms with Gasteiger partial charge in [0.25, 0.3) is 0 Å². The number of cyclic esters (lactones) is 1. The highest BCUT2D eigenvalue weighted by molar-refractivity contribution is 6.06. The number of esters is 2. The largest absolute Gasteiger partial charge is 0.460 e. The Labute approximate surface area is 124 Å². The average molecular weight is 289 g/mol. The van der Waals surface area contributed by atoms with Gasteiger partial charge in [-0.3, -0.25) is 4.79 Å². The Morgan fingerprint density at radius 2 is 1.95 bits per heavy atom. The van der Waals surface area contributed by atoms with Gasteiger partial charge in [-0.15, -0.1) is 0 Å². The number of carbonyl (C=O) groups is 2. The van der Waals surface area contributed by atoms with Crippen LogP contribution >= 0.6 is 0 Å². The van der Waals surface area contributed by atoms with Gasteiger partial charge in [-0.1, -0.05) is 18.2 Å². The van der Waals surface area contributed by atoms with Crippen LogP contribution in [0.3, 0.4) is 0 Å². The Bertz CT molecular complexity index is 557. The molecule has 1 heterocycles. The molecule has 0 amide bonds. The molecule has 112 valence electrons. The summed E-state index contributed by atoms with van der Waals surface area (Å²) in [6.07, 6.45) is 0.437. The lowest BCUT2D eigenvalue weighted by molar-refractivity contribution is -0.155. The lowest BCUT2D eigenvalue weighted by Crippen LogP contribution is -2.25. The monoisotopic (exact) mass is 289 g/mol. The molecule has 0 aromatic heterocycles. The highest BCUT2D eigenvalue weighted by Crippen LogP contribution is 2.18. The second kappa shape index (κ2) is 6.08. The molecule has 2 rings (SSSR count). The first-order valence-corrected chi connectivity index (χ1v) is 6.92. The molecule has 5 nitrogen and oxygen atoms in total. The van der Waals surface area contributed by atoms with Crippen LogP contribution in [0.25, 0.3) is 0 Å². The zero-order valence-corrected chi connectivity index (χ0v) is 12.5. The molecule has 0 spiro atoms. The van der Waals surface area contributed by atoms with E-state index in [-0.39, 0.29) is 12.4 Å². The standard InChI is InChI=1S/C16H19NO4/c1-16(2,3)21-13(18)10-9-12-15(19)20-14(17-12)11-7-5-4-6-8-11/h4-8,12H,9-10H2,1-3H3. The Kier molecular flexibility index (Phi) is 4.40. The van der Waals surface area contributed by atoms with E-state index >= 15 is 0 Å². The van der Waals surface area contributed by atoms with Crippen molar-refractivity contribution in [2.75, 3.05) is 0 Å². The highest BCUT2D eigenvalue weighted by atomic mass is 16.6. The SMILES string of the molecule is CC(C)(C)OC(=O)CCC1N=C(c2ccccc2)OC1=O. The van der Waals surface area contributed by atoms with Gasteiger partial charge in [-0.2, -0.15) is 0 Å². The van der Waals surface area contributed by atoms with E-state index in [1.54, 1.807) is 20.8 Å². The summed E-state index contributed by atoms with van der Waals surface area (Å²) in [5.74, 6) is -0.439. The van der Waals surface area contributed by atoms with Crippen molar-refractivity contribution in [2.45, 2.75) is 45.3 Å². The maximum absolute atomic E-state index is 11.8. The minimum Gasteiger partial charge on any atom is -0.460 e. The second-order valence-corrected chi connectivity index (χ2v) is 5.86. The first kappa shape index (κ1) is 15.2. The molecule has 1 aromatic carbocycles. The van der Waals surface area contributed by atoms with Gasteiger partial charge >= 0.3 is 11.9 Å². The predicted molar refractivity (Wildman–Crippen MR) is 77.9 cm³/mol. The molecule has 0 saturated carbocycles. The molecule has 0 radical (unpaired) electrons. The first-order valence-electron chi connectivity index (χ1n) is 6.92. The topological polar surface area (TPSA) is 65.0 Å². The molecule has 0 N–H and O–H groups in total. The van der Waals surface area contributed by atoms with Crippen LogP contribution in [-0.2, 0) is 19.1 Å². The first-order chi connectivity index (χ1) is 9.85. The van der Waals surface area contributed by atoms with Crippen molar-refractivity contribution < 1.29 is 19.1 Å². The van der Waals surface area contributed by atoms with Gasteiger partial charge in [0.2, 0.25) is 5.90 Å². The quantitative estimate of drug-likeness (QED) is 0.799. The molecule has 0 fully saturated rings. The van der Waals surface area contributed by atoms with Crippen molar-refractivity contribution in [3.63, 3.8) is 0 Å². The van der Waals surface area contributed by atoms with Crippen molar-refractivity contribution in [2.24, 2.45) is 4.99 Å². The summed E-state index contributed by atoms with van der Waals surface area (Å²) >= 11 is 0.